The minimum absolute atomic E-state index is 0.0740. The van der Waals surface area contributed by atoms with Crippen LogP contribution in [0.5, 0.6) is 0 Å². The van der Waals surface area contributed by atoms with Gasteiger partial charge < -0.3 is 10.0 Å². The first-order chi connectivity index (χ1) is 9.11. The maximum absolute atomic E-state index is 12.8. The van der Waals surface area contributed by atoms with E-state index < -0.39 is 34.3 Å². The van der Waals surface area contributed by atoms with Crippen molar-refractivity contribution in [1.82, 2.24) is 0 Å². The van der Waals surface area contributed by atoms with Crippen LogP contribution in [0.25, 0.3) is 0 Å². The van der Waals surface area contributed by atoms with Gasteiger partial charge in [0, 0.05) is 6.54 Å². The van der Waals surface area contributed by atoms with E-state index in [1.54, 1.807) is 0 Å². The smallest absolute Gasteiger partial charge is 0.423 e. The lowest BCUT2D eigenvalue weighted by Crippen LogP contribution is -2.33. The van der Waals surface area contributed by atoms with Crippen LogP contribution >= 0.6 is 0 Å². The summed E-state index contributed by atoms with van der Waals surface area (Å²) in [4.78, 5) is 0. The zero-order chi connectivity index (χ0) is 15.1. The van der Waals surface area contributed by atoms with Gasteiger partial charge in [-0.3, -0.25) is 4.31 Å². The van der Waals surface area contributed by atoms with Crippen molar-refractivity contribution in [1.29, 1.82) is 0 Å². The van der Waals surface area contributed by atoms with E-state index in [0.717, 1.165) is 10.4 Å². The molecule has 10 heteroatoms. The fourth-order valence-electron chi connectivity index (χ4n) is 2.02. The van der Waals surface area contributed by atoms with Crippen molar-refractivity contribution < 1.29 is 31.6 Å². The fraction of sp³-hybridized carbons (Fsp3) is 0.400. The molecule has 1 saturated heterocycles. The molecular formula is C10H11BF3NO4S. The molecule has 20 heavy (non-hydrogen) atoms. The lowest BCUT2D eigenvalue weighted by molar-refractivity contribution is -0.137. The van der Waals surface area contributed by atoms with Crippen LogP contribution in [0.1, 0.15) is 12.0 Å². The van der Waals surface area contributed by atoms with Crippen molar-refractivity contribution in [3.05, 3.63) is 23.8 Å². The number of hydrogen-bond donors (Lipinski definition) is 2. The summed E-state index contributed by atoms with van der Waals surface area (Å²) >= 11 is 0. The van der Waals surface area contributed by atoms with E-state index in [1.807, 2.05) is 0 Å². The number of rotatable bonds is 2. The summed E-state index contributed by atoms with van der Waals surface area (Å²) in [6.45, 7) is 0.0740. The standard InChI is InChI=1S/C10H11BF3NO4S/c12-10(13,14)7-4-8(11(16)17)6-9(5-7)15-2-1-3-20(15,18)19/h4-6,16-17H,1-3H2. The number of alkyl halides is 3. The van der Waals surface area contributed by atoms with Crippen molar-refractivity contribution in [3.8, 4) is 0 Å². The molecule has 2 N–H and O–H groups in total. The lowest BCUT2D eigenvalue weighted by Gasteiger charge is -2.20. The quantitative estimate of drug-likeness (QED) is 0.750. The highest BCUT2D eigenvalue weighted by Crippen LogP contribution is 2.32. The third-order valence-corrected chi connectivity index (χ3v) is 4.82. The Morgan fingerprint density at radius 1 is 1.20 bits per heavy atom. The molecule has 0 amide bonds. The molecule has 0 unspecified atom stereocenters. The average Bonchev–Trinajstić information content (AvgIpc) is 2.67. The van der Waals surface area contributed by atoms with E-state index in [2.05, 4.69) is 0 Å². The third-order valence-electron chi connectivity index (χ3n) is 2.95. The molecule has 2 rings (SSSR count). The zero-order valence-corrected chi connectivity index (χ0v) is 10.9. The summed E-state index contributed by atoms with van der Waals surface area (Å²) in [5.74, 6) is -0.139. The molecule has 0 spiro atoms. The highest BCUT2D eigenvalue weighted by Gasteiger charge is 2.35. The molecule has 110 valence electrons. The lowest BCUT2D eigenvalue weighted by atomic mass is 9.79. The number of hydrogen-bond acceptors (Lipinski definition) is 4. The monoisotopic (exact) mass is 309 g/mol. The molecule has 1 fully saturated rings. The summed E-state index contributed by atoms with van der Waals surface area (Å²) in [6.07, 6.45) is -4.39. The van der Waals surface area contributed by atoms with Gasteiger partial charge in [-0.05, 0) is 24.0 Å². The molecule has 1 aromatic carbocycles. The Morgan fingerprint density at radius 2 is 1.85 bits per heavy atom. The average molecular weight is 309 g/mol. The van der Waals surface area contributed by atoms with E-state index in [1.165, 1.54) is 0 Å². The maximum atomic E-state index is 12.8. The first kappa shape index (κ1) is 15.1. The molecule has 0 atom stereocenters. The molecule has 0 saturated carbocycles. The molecule has 5 nitrogen and oxygen atoms in total. The second-order valence-electron chi connectivity index (χ2n) is 4.43. The molecule has 0 radical (unpaired) electrons. The summed E-state index contributed by atoms with van der Waals surface area (Å²) in [5, 5.41) is 18.1. The predicted molar refractivity (Wildman–Crippen MR) is 67.0 cm³/mol. The topological polar surface area (TPSA) is 77.8 Å². The van der Waals surface area contributed by atoms with E-state index >= 15 is 0 Å². The minimum Gasteiger partial charge on any atom is -0.423 e. The summed E-state index contributed by atoms with van der Waals surface area (Å²) in [5.41, 5.74) is -1.74. The van der Waals surface area contributed by atoms with Crippen molar-refractivity contribution in [2.24, 2.45) is 0 Å². The Hall–Kier alpha value is -1.26. The van der Waals surface area contributed by atoms with Crippen LogP contribution < -0.4 is 9.77 Å². The second-order valence-corrected chi connectivity index (χ2v) is 6.44. The van der Waals surface area contributed by atoms with E-state index in [9.17, 15) is 21.6 Å². The second kappa shape index (κ2) is 4.94. The Labute approximate surface area is 113 Å². The normalized spacial score (nSPS) is 18.4. The van der Waals surface area contributed by atoms with Gasteiger partial charge in [-0.2, -0.15) is 13.2 Å². The summed E-state index contributed by atoms with van der Waals surface area (Å²) in [6, 6.07) is 2.30. The van der Waals surface area contributed by atoms with E-state index in [4.69, 9.17) is 10.0 Å². The van der Waals surface area contributed by atoms with Crippen molar-refractivity contribution in [3.63, 3.8) is 0 Å². The van der Waals surface area contributed by atoms with E-state index in [0.29, 0.717) is 18.6 Å². The SMILES string of the molecule is O=S1(=O)CCCN1c1cc(B(O)O)cc(C(F)(F)F)c1. The summed E-state index contributed by atoms with van der Waals surface area (Å²) in [7, 11) is -5.75. The third kappa shape index (κ3) is 2.91. The summed E-state index contributed by atoms with van der Waals surface area (Å²) < 4.78 is 62.6. The first-order valence-electron chi connectivity index (χ1n) is 5.70. The predicted octanol–water partition coefficient (Wildman–Crippen LogP) is -0.0749. The molecule has 1 aliphatic heterocycles. The Morgan fingerprint density at radius 3 is 2.30 bits per heavy atom. The largest absolute Gasteiger partial charge is 0.488 e. The van der Waals surface area contributed by atoms with Crippen LogP contribution in [0.15, 0.2) is 18.2 Å². The van der Waals surface area contributed by atoms with Crippen molar-refractivity contribution in [2.75, 3.05) is 16.6 Å². The molecule has 0 bridgehead atoms. The van der Waals surface area contributed by atoms with Crippen LogP contribution in [0.4, 0.5) is 18.9 Å². The highest BCUT2D eigenvalue weighted by atomic mass is 32.2. The molecule has 0 aromatic heterocycles. The Bertz CT molecular complexity index is 617. The van der Waals surface area contributed by atoms with Gasteiger partial charge in [-0.1, -0.05) is 6.07 Å². The minimum atomic E-state index is -4.71. The number of halogens is 3. The van der Waals surface area contributed by atoms with Gasteiger partial charge in [-0.15, -0.1) is 0 Å². The van der Waals surface area contributed by atoms with Gasteiger partial charge >= 0.3 is 13.3 Å². The van der Waals surface area contributed by atoms with Crippen LogP contribution in [0.3, 0.4) is 0 Å². The van der Waals surface area contributed by atoms with Gasteiger partial charge in [0.2, 0.25) is 10.0 Å². The number of sulfonamides is 1. The number of nitrogens with zero attached hydrogens (tertiary/aromatic N) is 1. The molecule has 1 aromatic rings. The van der Waals surface area contributed by atoms with Gasteiger partial charge in [0.25, 0.3) is 0 Å². The van der Waals surface area contributed by atoms with Gasteiger partial charge in [0.1, 0.15) is 0 Å². The van der Waals surface area contributed by atoms with Crippen molar-refractivity contribution >= 4 is 28.3 Å². The highest BCUT2D eigenvalue weighted by molar-refractivity contribution is 7.93. The number of benzene rings is 1. The number of anilines is 1. The van der Waals surface area contributed by atoms with Crippen LogP contribution in [0, 0.1) is 0 Å². The van der Waals surface area contributed by atoms with Crippen LogP contribution in [-0.4, -0.2) is 37.9 Å². The van der Waals surface area contributed by atoms with Gasteiger partial charge in [0.15, 0.2) is 0 Å². The van der Waals surface area contributed by atoms with Crippen LogP contribution in [0.2, 0.25) is 0 Å². The first-order valence-corrected chi connectivity index (χ1v) is 7.31. The Balaban J connectivity index is 2.56. The maximum Gasteiger partial charge on any atom is 0.488 e. The molecular weight excluding hydrogens is 298 g/mol. The Kier molecular flexibility index (Phi) is 3.74. The van der Waals surface area contributed by atoms with Gasteiger partial charge in [-0.25, -0.2) is 8.42 Å². The van der Waals surface area contributed by atoms with Crippen LogP contribution in [-0.2, 0) is 16.2 Å². The molecule has 0 aliphatic carbocycles. The molecule has 1 heterocycles. The molecule has 1 aliphatic rings. The zero-order valence-electron chi connectivity index (χ0n) is 10.1. The fourth-order valence-corrected chi connectivity index (χ4v) is 3.57. The van der Waals surface area contributed by atoms with Crippen molar-refractivity contribution in [2.45, 2.75) is 12.6 Å². The van der Waals surface area contributed by atoms with E-state index in [-0.39, 0.29) is 18.0 Å². The van der Waals surface area contributed by atoms with Gasteiger partial charge in [0.05, 0.1) is 17.0 Å².